The molecule has 2 heteroatoms. The second kappa shape index (κ2) is 4.63. The van der Waals surface area contributed by atoms with Gasteiger partial charge in [0.15, 0.2) is 11.5 Å². The van der Waals surface area contributed by atoms with Gasteiger partial charge in [-0.1, -0.05) is 35.6 Å². The van der Waals surface area contributed by atoms with Crippen molar-refractivity contribution < 1.29 is 10.2 Å². The third kappa shape index (κ3) is 2.59. The molecule has 0 saturated heterocycles. The van der Waals surface area contributed by atoms with Gasteiger partial charge in [0.05, 0.1) is 5.56 Å². The third-order valence-electron chi connectivity index (χ3n) is 2.41. The maximum atomic E-state index is 9.57. The maximum Gasteiger partial charge on any atom is 0.173 e. The average Bonchev–Trinajstić information content (AvgIpc) is 2.33. The fraction of sp³-hybridized carbons (Fsp3) is 0.0667. The summed E-state index contributed by atoms with van der Waals surface area (Å²) in [6, 6.07) is 12.5. The van der Waals surface area contributed by atoms with Crippen LogP contribution in [-0.4, -0.2) is 10.2 Å². The van der Waals surface area contributed by atoms with E-state index in [-0.39, 0.29) is 11.5 Å². The van der Waals surface area contributed by atoms with Gasteiger partial charge < -0.3 is 10.2 Å². The van der Waals surface area contributed by atoms with Crippen molar-refractivity contribution >= 4 is 0 Å². The minimum atomic E-state index is -0.174. The van der Waals surface area contributed by atoms with Gasteiger partial charge in [0.2, 0.25) is 0 Å². The third-order valence-corrected chi connectivity index (χ3v) is 2.41. The summed E-state index contributed by atoms with van der Waals surface area (Å²) in [6.07, 6.45) is 0. The monoisotopic (exact) mass is 224 g/mol. The van der Waals surface area contributed by atoms with Crippen LogP contribution in [0.15, 0.2) is 42.5 Å². The molecule has 0 saturated carbocycles. The number of phenols is 2. The van der Waals surface area contributed by atoms with E-state index in [0.29, 0.717) is 5.56 Å². The first kappa shape index (κ1) is 11.1. The Bertz CT molecular complexity index is 587. The Labute approximate surface area is 100 Å². The van der Waals surface area contributed by atoms with E-state index in [0.717, 1.165) is 5.56 Å². The molecule has 2 aromatic carbocycles. The topological polar surface area (TPSA) is 40.5 Å². The molecular formula is C15H12O2. The zero-order valence-corrected chi connectivity index (χ0v) is 9.44. The Morgan fingerprint density at radius 3 is 2.29 bits per heavy atom. The summed E-state index contributed by atoms with van der Waals surface area (Å²) in [7, 11) is 0. The molecule has 2 N–H and O–H groups in total. The molecule has 0 bridgehead atoms. The fourth-order valence-electron chi connectivity index (χ4n) is 1.41. The lowest BCUT2D eigenvalue weighted by molar-refractivity contribution is 0.403. The predicted molar refractivity (Wildman–Crippen MR) is 66.9 cm³/mol. The molecule has 84 valence electrons. The second-order valence-electron chi connectivity index (χ2n) is 3.79. The molecule has 2 nitrogen and oxygen atoms in total. The Morgan fingerprint density at radius 2 is 1.59 bits per heavy atom. The average molecular weight is 224 g/mol. The Morgan fingerprint density at radius 1 is 0.882 bits per heavy atom. The van der Waals surface area contributed by atoms with E-state index in [2.05, 4.69) is 11.8 Å². The summed E-state index contributed by atoms with van der Waals surface area (Å²) in [5, 5.41) is 18.9. The summed E-state index contributed by atoms with van der Waals surface area (Å²) < 4.78 is 0. The minimum Gasteiger partial charge on any atom is -0.504 e. The summed E-state index contributed by atoms with van der Waals surface area (Å²) in [6.45, 7) is 2.01. The van der Waals surface area contributed by atoms with Gasteiger partial charge in [0.1, 0.15) is 0 Å². The van der Waals surface area contributed by atoms with Crippen molar-refractivity contribution in [2.45, 2.75) is 6.92 Å². The number of hydrogen-bond acceptors (Lipinski definition) is 2. The summed E-state index contributed by atoms with van der Waals surface area (Å²) in [5.41, 5.74) is 2.47. The van der Waals surface area contributed by atoms with Crippen molar-refractivity contribution in [2.75, 3.05) is 0 Å². The standard InChI is InChI=1S/C15H12O2/c1-11-5-7-12(8-6-11)9-10-13-3-2-4-14(16)15(13)17/h2-8,16-17H,1H3. The number of benzene rings is 2. The SMILES string of the molecule is Cc1ccc(C#Cc2cccc(O)c2O)cc1. The highest BCUT2D eigenvalue weighted by molar-refractivity contribution is 5.54. The minimum absolute atomic E-state index is 0.152. The molecule has 0 radical (unpaired) electrons. The van der Waals surface area contributed by atoms with Crippen molar-refractivity contribution in [3.05, 3.63) is 59.2 Å². The van der Waals surface area contributed by atoms with Crippen LogP contribution in [0, 0.1) is 18.8 Å². The fourth-order valence-corrected chi connectivity index (χ4v) is 1.41. The lowest BCUT2D eigenvalue weighted by Gasteiger charge is -1.98. The van der Waals surface area contributed by atoms with E-state index >= 15 is 0 Å². The van der Waals surface area contributed by atoms with Gasteiger partial charge in [-0.2, -0.15) is 0 Å². The molecule has 0 atom stereocenters. The van der Waals surface area contributed by atoms with Crippen LogP contribution in [0.3, 0.4) is 0 Å². The van der Waals surface area contributed by atoms with Crippen LogP contribution in [0.2, 0.25) is 0 Å². The number of hydrogen-bond donors (Lipinski definition) is 2. The molecular weight excluding hydrogens is 212 g/mol. The van der Waals surface area contributed by atoms with Crippen molar-refractivity contribution in [1.82, 2.24) is 0 Å². The van der Waals surface area contributed by atoms with E-state index in [1.165, 1.54) is 11.6 Å². The molecule has 2 rings (SSSR count). The smallest absolute Gasteiger partial charge is 0.173 e. The summed E-state index contributed by atoms with van der Waals surface area (Å²) >= 11 is 0. The van der Waals surface area contributed by atoms with Crippen LogP contribution in [0.4, 0.5) is 0 Å². The number of aryl methyl sites for hydroxylation is 1. The van der Waals surface area contributed by atoms with Crippen molar-refractivity contribution in [1.29, 1.82) is 0 Å². The van der Waals surface area contributed by atoms with Gasteiger partial charge in [0, 0.05) is 5.56 Å². The zero-order chi connectivity index (χ0) is 12.3. The lowest BCUT2D eigenvalue weighted by atomic mass is 10.1. The van der Waals surface area contributed by atoms with E-state index < -0.39 is 0 Å². The quantitative estimate of drug-likeness (QED) is 0.533. The van der Waals surface area contributed by atoms with Crippen LogP contribution in [-0.2, 0) is 0 Å². The molecule has 0 unspecified atom stereocenters. The van der Waals surface area contributed by atoms with Crippen LogP contribution in [0.5, 0.6) is 11.5 Å². The highest BCUT2D eigenvalue weighted by Gasteiger charge is 2.01. The highest BCUT2D eigenvalue weighted by atomic mass is 16.3. The normalized spacial score (nSPS) is 9.47. The summed E-state index contributed by atoms with van der Waals surface area (Å²) in [5.74, 6) is 5.44. The second-order valence-corrected chi connectivity index (χ2v) is 3.79. The van der Waals surface area contributed by atoms with E-state index in [9.17, 15) is 10.2 Å². The number of rotatable bonds is 0. The predicted octanol–water partition coefficient (Wildman–Crippen LogP) is 2.81. The summed E-state index contributed by atoms with van der Waals surface area (Å²) in [4.78, 5) is 0. The Kier molecular flexibility index (Phi) is 3.02. The Balaban J connectivity index is 2.33. The number of phenolic OH excluding ortho intramolecular Hbond substituents is 2. The maximum absolute atomic E-state index is 9.57. The largest absolute Gasteiger partial charge is 0.504 e. The van der Waals surface area contributed by atoms with Crippen molar-refractivity contribution in [3.8, 4) is 23.3 Å². The molecule has 0 aromatic heterocycles. The molecule has 0 heterocycles. The molecule has 17 heavy (non-hydrogen) atoms. The van der Waals surface area contributed by atoms with Gasteiger partial charge >= 0.3 is 0 Å². The lowest BCUT2D eigenvalue weighted by Crippen LogP contribution is -1.79. The molecule has 0 aliphatic rings. The first-order valence-corrected chi connectivity index (χ1v) is 5.26. The first-order chi connectivity index (χ1) is 8.16. The molecule has 0 fully saturated rings. The highest BCUT2D eigenvalue weighted by Crippen LogP contribution is 2.27. The number of aromatic hydroxyl groups is 2. The van der Waals surface area contributed by atoms with Crippen molar-refractivity contribution in [2.24, 2.45) is 0 Å². The first-order valence-electron chi connectivity index (χ1n) is 5.26. The van der Waals surface area contributed by atoms with Gasteiger partial charge in [-0.15, -0.1) is 0 Å². The van der Waals surface area contributed by atoms with Gasteiger partial charge in [-0.25, -0.2) is 0 Å². The number of para-hydroxylation sites is 1. The van der Waals surface area contributed by atoms with Gasteiger partial charge in [-0.3, -0.25) is 0 Å². The Hall–Kier alpha value is -2.40. The van der Waals surface area contributed by atoms with Crippen molar-refractivity contribution in [3.63, 3.8) is 0 Å². The van der Waals surface area contributed by atoms with Gasteiger partial charge in [-0.05, 0) is 31.2 Å². The van der Waals surface area contributed by atoms with Crippen LogP contribution >= 0.6 is 0 Å². The van der Waals surface area contributed by atoms with E-state index in [1.807, 2.05) is 31.2 Å². The van der Waals surface area contributed by atoms with E-state index in [4.69, 9.17) is 0 Å². The molecule has 0 amide bonds. The molecule has 0 spiro atoms. The zero-order valence-electron chi connectivity index (χ0n) is 9.44. The molecule has 0 aliphatic carbocycles. The molecule has 0 aliphatic heterocycles. The van der Waals surface area contributed by atoms with E-state index in [1.54, 1.807) is 12.1 Å². The van der Waals surface area contributed by atoms with Crippen LogP contribution in [0.1, 0.15) is 16.7 Å². The molecule has 2 aromatic rings. The van der Waals surface area contributed by atoms with Crippen LogP contribution in [0.25, 0.3) is 0 Å². The van der Waals surface area contributed by atoms with Gasteiger partial charge in [0.25, 0.3) is 0 Å². The van der Waals surface area contributed by atoms with Crippen LogP contribution < -0.4 is 0 Å².